The molecule has 0 radical (unpaired) electrons. The number of hydrogen-bond donors (Lipinski definition) is 2. The van der Waals surface area contributed by atoms with Crippen molar-refractivity contribution in [2.45, 2.75) is 52.0 Å². The summed E-state index contributed by atoms with van der Waals surface area (Å²) in [6.45, 7) is 8.58. The van der Waals surface area contributed by atoms with Crippen LogP contribution in [0.4, 0.5) is 11.4 Å². The first-order valence-corrected chi connectivity index (χ1v) is 15.1. The molecule has 2 aliphatic rings. The van der Waals surface area contributed by atoms with Gasteiger partial charge in [0.05, 0.1) is 5.69 Å². The summed E-state index contributed by atoms with van der Waals surface area (Å²) in [4.78, 5) is 35.5. The van der Waals surface area contributed by atoms with Gasteiger partial charge < -0.3 is 16.0 Å². The second-order valence-corrected chi connectivity index (χ2v) is 11.3. The van der Waals surface area contributed by atoms with Crippen LogP contribution in [0, 0.1) is 0 Å². The number of likely N-dealkylation sites (tertiary alicyclic amines) is 1. The molecule has 0 saturated carbocycles. The van der Waals surface area contributed by atoms with Gasteiger partial charge in [0.15, 0.2) is 0 Å². The standard InChI is InChI=1S/C35H41N5O2/c1-3-16-40(17-4-2)35(42)30-19-27-13-14-28(21-32(27)38-33(36)22-30)34(41)37-31-12-8-11-26(20-31)29-15-18-39(24-29)23-25-9-6-5-7-10-25/h5-14,19-21,29H,3-4,15-18,22-24H2,1-2H3,(H2,36,38)(H,37,41)/t29-/m1/s1. The number of nitrogens with zero attached hydrogens (tertiary/aromatic N) is 3. The van der Waals surface area contributed by atoms with Crippen molar-refractivity contribution in [3.8, 4) is 0 Å². The Bertz CT molecular complexity index is 1470. The summed E-state index contributed by atoms with van der Waals surface area (Å²) in [6.07, 6.45) is 5.05. The highest BCUT2D eigenvalue weighted by molar-refractivity contribution is 6.08. The van der Waals surface area contributed by atoms with Gasteiger partial charge in [0, 0.05) is 55.0 Å². The highest BCUT2D eigenvalue weighted by Gasteiger charge is 2.25. The topological polar surface area (TPSA) is 91.0 Å². The maximum atomic E-state index is 13.3. The summed E-state index contributed by atoms with van der Waals surface area (Å²) in [5.74, 6) is 0.591. The molecule has 0 spiro atoms. The van der Waals surface area contributed by atoms with E-state index in [1.54, 1.807) is 12.1 Å². The van der Waals surface area contributed by atoms with Gasteiger partial charge in [0.1, 0.15) is 5.84 Å². The first kappa shape index (κ1) is 29.3. The number of hydrogen-bond acceptors (Lipinski definition) is 5. The summed E-state index contributed by atoms with van der Waals surface area (Å²) in [5.41, 5.74) is 12.1. The third-order valence-corrected chi connectivity index (χ3v) is 7.94. The molecule has 218 valence electrons. The van der Waals surface area contributed by atoms with Crippen LogP contribution in [0.1, 0.15) is 72.5 Å². The Hall–Kier alpha value is -4.23. The fourth-order valence-corrected chi connectivity index (χ4v) is 5.89. The van der Waals surface area contributed by atoms with E-state index >= 15 is 0 Å². The smallest absolute Gasteiger partial charge is 0.255 e. The second kappa shape index (κ2) is 13.6. The number of nitrogens with one attached hydrogen (secondary N) is 1. The molecule has 0 unspecified atom stereocenters. The van der Waals surface area contributed by atoms with E-state index in [1.807, 2.05) is 29.2 Å². The van der Waals surface area contributed by atoms with Crippen molar-refractivity contribution in [3.63, 3.8) is 0 Å². The summed E-state index contributed by atoms with van der Waals surface area (Å²) in [6, 6.07) is 24.1. The lowest BCUT2D eigenvalue weighted by molar-refractivity contribution is -0.127. The number of benzene rings is 3. The lowest BCUT2D eigenvalue weighted by atomic mass is 9.98. The van der Waals surface area contributed by atoms with E-state index in [2.05, 4.69) is 71.5 Å². The van der Waals surface area contributed by atoms with Crippen LogP contribution in [0.5, 0.6) is 0 Å². The van der Waals surface area contributed by atoms with E-state index in [0.717, 1.165) is 50.1 Å². The highest BCUT2D eigenvalue weighted by atomic mass is 16.2. The number of amides is 2. The quantitative estimate of drug-likeness (QED) is 0.301. The van der Waals surface area contributed by atoms with E-state index in [-0.39, 0.29) is 18.2 Å². The number of carbonyl (C=O) groups excluding carboxylic acids is 2. The summed E-state index contributed by atoms with van der Waals surface area (Å²) < 4.78 is 0. The first-order chi connectivity index (χ1) is 20.4. The molecule has 7 heteroatoms. The lowest BCUT2D eigenvalue weighted by Gasteiger charge is -2.22. The zero-order valence-electron chi connectivity index (χ0n) is 24.7. The van der Waals surface area contributed by atoms with Crippen molar-refractivity contribution in [1.82, 2.24) is 9.80 Å². The molecule has 2 amide bonds. The molecule has 3 aromatic carbocycles. The SMILES string of the molecule is CCCN(CCC)C(=O)C1=Cc2ccc(C(=O)Nc3cccc([C@@H]4CCN(Cc5ccccc5)C4)c3)cc2N=C(N)C1. The lowest BCUT2D eigenvalue weighted by Crippen LogP contribution is -2.34. The number of fused-ring (bicyclic) bond motifs is 1. The van der Waals surface area contributed by atoms with Crippen molar-refractivity contribution >= 4 is 35.1 Å². The second-order valence-electron chi connectivity index (χ2n) is 11.3. The Kier molecular flexibility index (Phi) is 9.49. The van der Waals surface area contributed by atoms with Crippen LogP contribution in [0.3, 0.4) is 0 Å². The molecule has 2 aliphatic heterocycles. The molecular formula is C35H41N5O2. The van der Waals surface area contributed by atoms with Crippen LogP contribution >= 0.6 is 0 Å². The Morgan fingerprint density at radius 2 is 1.79 bits per heavy atom. The number of anilines is 1. The predicted octanol–water partition coefficient (Wildman–Crippen LogP) is 6.35. The number of carbonyl (C=O) groups is 2. The minimum Gasteiger partial charge on any atom is -0.387 e. The van der Waals surface area contributed by atoms with Gasteiger partial charge in [-0.1, -0.05) is 62.4 Å². The summed E-state index contributed by atoms with van der Waals surface area (Å²) in [5, 5.41) is 3.07. The molecule has 42 heavy (non-hydrogen) atoms. The molecule has 1 fully saturated rings. The Morgan fingerprint density at radius 1 is 1.00 bits per heavy atom. The third kappa shape index (κ3) is 7.15. The summed E-state index contributed by atoms with van der Waals surface area (Å²) in [7, 11) is 0. The van der Waals surface area contributed by atoms with Gasteiger partial charge in [0.2, 0.25) is 5.91 Å². The largest absolute Gasteiger partial charge is 0.387 e. The normalized spacial score (nSPS) is 16.7. The fourth-order valence-electron chi connectivity index (χ4n) is 5.89. The number of amidine groups is 1. The predicted molar refractivity (Wildman–Crippen MR) is 171 cm³/mol. The van der Waals surface area contributed by atoms with Crippen LogP contribution in [0.15, 0.2) is 83.4 Å². The molecule has 2 heterocycles. The third-order valence-electron chi connectivity index (χ3n) is 7.94. The van der Waals surface area contributed by atoms with E-state index in [4.69, 9.17) is 5.73 Å². The molecule has 3 N–H and O–H groups in total. The Morgan fingerprint density at radius 3 is 2.55 bits per heavy atom. The van der Waals surface area contributed by atoms with Crippen molar-refractivity contribution < 1.29 is 9.59 Å². The Balaban J connectivity index is 1.27. The average molecular weight is 564 g/mol. The van der Waals surface area contributed by atoms with Crippen LogP contribution in [-0.4, -0.2) is 53.6 Å². The van der Waals surface area contributed by atoms with E-state index in [9.17, 15) is 9.59 Å². The first-order valence-electron chi connectivity index (χ1n) is 15.1. The molecule has 1 saturated heterocycles. The molecule has 5 rings (SSSR count). The maximum Gasteiger partial charge on any atom is 0.255 e. The van der Waals surface area contributed by atoms with Crippen molar-refractivity contribution in [3.05, 3.63) is 101 Å². The highest BCUT2D eigenvalue weighted by Crippen LogP contribution is 2.31. The van der Waals surface area contributed by atoms with Gasteiger partial charge in [-0.25, -0.2) is 4.99 Å². The fraction of sp³-hybridized carbons (Fsp3) is 0.343. The van der Waals surface area contributed by atoms with Gasteiger partial charge in [-0.2, -0.15) is 0 Å². The number of rotatable bonds is 10. The molecular weight excluding hydrogens is 522 g/mol. The van der Waals surface area contributed by atoms with Crippen LogP contribution < -0.4 is 11.1 Å². The van der Waals surface area contributed by atoms with Crippen molar-refractivity contribution in [2.24, 2.45) is 10.7 Å². The molecule has 1 atom stereocenters. The van der Waals surface area contributed by atoms with Crippen molar-refractivity contribution in [1.29, 1.82) is 0 Å². The number of aliphatic imine (C=N–C) groups is 1. The minimum absolute atomic E-state index is 0.00292. The van der Waals surface area contributed by atoms with E-state index in [1.165, 1.54) is 11.1 Å². The van der Waals surface area contributed by atoms with Crippen LogP contribution in [-0.2, 0) is 11.3 Å². The average Bonchev–Trinajstić information content (AvgIpc) is 3.39. The monoisotopic (exact) mass is 563 g/mol. The van der Waals surface area contributed by atoms with Crippen LogP contribution in [0.2, 0.25) is 0 Å². The van der Waals surface area contributed by atoms with E-state index < -0.39 is 0 Å². The van der Waals surface area contributed by atoms with Gasteiger partial charge >= 0.3 is 0 Å². The van der Waals surface area contributed by atoms with Crippen LogP contribution in [0.25, 0.3) is 6.08 Å². The summed E-state index contributed by atoms with van der Waals surface area (Å²) >= 11 is 0. The maximum absolute atomic E-state index is 13.3. The molecule has 0 aromatic heterocycles. The molecule has 7 nitrogen and oxygen atoms in total. The van der Waals surface area contributed by atoms with Gasteiger partial charge in [-0.15, -0.1) is 0 Å². The Labute approximate surface area is 249 Å². The van der Waals surface area contributed by atoms with Gasteiger partial charge in [0.25, 0.3) is 5.91 Å². The minimum atomic E-state index is -0.206. The zero-order valence-corrected chi connectivity index (χ0v) is 24.7. The molecule has 0 aliphatic carbocycles. The van der Waals surface area contributed by atoms with Gasteiger partial charge in [-0.05, 0) is 73.2 Å². The molecule has 3 aromatic rings. The van der Waals surface area contributed by atoms with Gasteiger partial charge in [-0.3, -0.25) is 14.5 Å². The van der Waals surface area contributed by atoms with Crippen molar-refractivity contribution in [2.75, 3.05) is 31.5 Å². The molecule has 0 bridgehead atoms. The van der Waals surface area contributed by atoms with E-state index in [0.29, 0.717) is 41.7 Å². The zero-order chi connectivity index (χ0) is 29.5. The number of nitrogens with two attached hydrogens (primary N) is 1.